The molecule has 0 fully saturated rings. The van der Waals surface area contributed by atoms with Gasteiger partial charge in [0, 0.05) is 11.8 Å². The molecule has 1 aromatic heterocycles. The number of ether oxygens (including phenoxy) is 2. The maximum Gasteiger partial charge on any atom is 0.303 e. The van der Waals surface area contributed by atoms with Crippen LogP contribution in [0.3, 0.4) is 0 Å². The highest BCUT2D eigenvalue weighted by molar-refractivity contribution is 5.85. The maximum atomic E-state index is 10.8. The first-order valence-electron chi connectivity index (χ1n) is 11.9. The Morgan fingerprint density at radius 3 is 2.17 bits per heavy atom. The summed E-state index contributed by atoms with van der Waals surface area (Å²) in [5.41, 5.74) is 3.71. The molecule has 5 nitrogen and oxygen atoms in total. The number of rotatable bonds is 10. The van der Waals surface area contributed by atoms with E-state index in [1.807, 2.05) is 84.9 Å². The van der Waals surface area contributed by atoms with Gasteiger partial charge in [-0.15, -0.1) is 0 Å². The molecule has 0 bridgehead atoms. The Labute approximate surface area is 209 Å². The van der Waals surface area contributed by atoms with Crippen LogP contribution in [0, 0.1) is 0 Å². The van der Waals surface area contributed by atoms with Gasteiger partial charge in [0.1, 0.15) is 28.9 Å². The molecule has 1 heterocycles. The summed E-state index contributed by atoms with van der Waals surface area (Å²) in [7, 11) is 0. The molecule has 0 radical (unpaired) electrons. The molecule has 4 aromatic carbocycles. The minimum absolute atomic E-state index is 0.0720. The maximum absolute atomic E-state index is 10.8. The SMILES string of the molecule is O=C(O)CCCOc1ccccc1-c1cc2cc(OC(c3ccccc3)c3ccccc3)ccc2o1. The molecule has 0 spiro atoms. The van der Waals surface area contributed by atoms with Gasteiger partial charge in [0.2, 0.25) is 0 Å². The van der Waals surface area contributed by atoms with Crippen molar-refractivity contribution in [2.75, 3.05) is 6.61 Å². The monoisotopic (exact) mass is 478 g/mol. The first kappa shape index (κ1) is 23.2. The zero-order valence-corrected chi connectivity index (χ0v) is 19.7. The second-order valence-corrected chi connectivity index (χ2v) is 8.47. The Morgan fingerprint density at radius 2 is 1.47 bits per heavy atom. The zero-order valence-electron chi connectivity index (χ0n) is 19.7. The van der Waals surface area contributed by atoms with Crippen molar-refractivity contribution in [1.29, 1.82) is 0 Å². The fourth-order valence-electron chi connectivity index (χ4n) is 4.15. The Balaban J connectivity index is 1.41. The number of fused-ring (bicyclic) bond motifs is 1. The molecule has 5 aromatic rings. The van der Waals surface area contributed by atoms with E-state index in [0.29, 0.717) is 24.5 Å². The molecule has 0 unspecified atom stereocenters. The number of carbonyl (C=O) groups is 1. The second kappa shape index (κ2) is 10.8. The van der Waals surface area contributed by atoms with E-state index in [2.05, 4.69) is 24.3 Å². The number of para-hydroxylation sites is 1. The van der Waals surface area contributed by atoms with Gasteiger partial charge < -0.3 is 19.0 Å². The van der Waals surface area contributed by atoms with E-state index < -0.39 is 5.97 Å². The van der Waals surface area contributed by atoms with E-state index in [0.717, 1.165) is 33.4 Å². The molecule has 0 atom stereocenters. The molecule has 5 rings (SSSR count). The summed E-state index contributed by atoms with van der Waals surface area (Å²) in [6.45, 7) is 0.321. The van der Waals surface area contributed by atoms with Gasteiger partial charge in [0.05, 0.1) is 12.2 Å². The molecular weight excluding hydrogens is 452 g/mol. The fourth-order valence-corrected chi connectivity index (χ4v) is 4.15. The largest absolute Gasteiger partial charge is 0.493 e. The average Bonchev–Trinajstić information content (AvgIpc) is 3.34. The molecular formula is C31H26O5. The summed E-state index contributed by atoms with van der Waals surface area (Å²) >= 11 is 0. The summed E-state index contributed by atoms with van der Waals surface area (Å²) < 4.78 is 18.5. The van der Waals surface area contributed by atoms with Crippen LogP contribution in [0.4, 0.5) is 0 Å². The Hall–Kier alpha value is -4.51. The lowest BCUT2D eigenvalue weighted by Crippen LogP contribution is -2.09. The molecule has 0 saturated heterocycles. The summed E-state index contributed by atoms with van der Waals surface area (Å²) in [4.78, 5) is 10.8. The minimum atomic E-state index is -0.830. The quantitative estimate of drug-likeness (QED) is 0.210. The van der Waals surface area contributed by atoms with Crippen molar-refractivity contribution in [1.82, 2.24) is 0 Å². The number of hydrogen-bond acceptors (Lipinski definition) is 4. The van der Waals surface area contributed by atoms with E-state index in [4.69, 9.17) is 19.0 Å². The Bertz CT molecular complexity index is 1400. The molecule has 0 aliphatic heterocycles. The van der Waals surface area contributed by atoms with Crippen LogP contribution < -0.4 is 9.47 Å². The number of hydrogen-bond donors (Lipinski definition) is 1. The zero-order chi connectivity index (χ0) is 24.7. The van der Waals surface area contributed by atoms with Gasteiger partial charge in [-0.1, -0.05) is 72.8 Å². The van der Waals surface area contributed by atoms with Crippen molar-refractivity contribution in [3.63, 3.8) is 0 Å². The van der Waals surface area contributed by atoms with E-state index in [-0.39, 0.29) is 12.5 Å². The summed E-state index contributed by atoms with van der Waals surface area (Å²) in [5.74, 6) is 1.25. The lowest BCUT2D eigenvalue weighted by Gasteiger charge is -2.20. The van der Waals surface area contributed by atoms with Crippen LogP contribution in [-0.2, 0) is 4.79 Å². The standard InChI is InChI=1S/C31H26O5/c32-30(33)16-9-19-34-28-15-8-7-14-26(28)29-21-24-20-25(17-18-27(24)36-29)35-31(22-10-3-1-4-11-22)23-12-5-2-6-13-23/h1-8,10-15,17-18,20-21,31H,9,16,19H2,(H,32,33). The van der Waals surface area contributed by atoms with Crippen LogP contribution >= 0.6 is 0 Å². The van der Waals surface area contributed by atoms with Crippen LogP contribution in [0.2, 0.25) is 0 Å². The molecule has 5 heteroatoms. The van der Waals surface area contributed by atoms with Crippen molar-refractivity contribution in [2.24, 2.45) is 0 Å². The number of benzene rings is 4. The van der Waals surface area contributed by atoms with Gasteiger partial charge in [-0.05, 0) is 53.9 Å². The third kappa shape index (κ3) is 5.41. The van der Waals surface area contributed by atoms with E-state index in [1.165, 1.54) is 0 Å². The van der Waals surface area contributed by atoms with Gasteiger partial charge in [-0.3, -0.25) is 4.79 Å². The van der Waals surface area contributed by atoms with Crippen LogP contribution in [0.1, 0.15) is 30.1 Å². The third-order valence-electron chi connectivity index (χ3n) is 5.89. The minimum Gasteiger partial charge on any atom is -0.493 e. The smallest absolute Gasteiger partial charge is 0.303 e. The van der Waals surface area contributed by atoms with Gasteiger partial charge in [0.25, 0.3) is 0 Å². The Kier molecular flexibility index (Phi) is 6.99. The number of aliphatic carboxylic acids is 1. The summed E-state index contributed by atoms with van der Waals surface area (Å²) in [5, 5.41) is 9.77. The average molecular weight is 479 g/mol. The van der Waals surface area contributed by atoms with Crippen molar-refractivity contribution in [3.05, 3.63) is 120 Å². The van der Waals surface area contributed by atoms with E-state index >= 15 is 0 Å². The highest BCUT2D eigenvalue weighted by Crippen LogP contribution is 2.36. The highest BCUT2D eigenvalue weighted by atomic mass is 16.5. The molecule has 0 amide bonds. The van der Waals surface area contributed by atoms with Crippen molar-refractivity contribution in [3.8, 4) is 22.8 Å². The lowest BCUT2D eigenvalue weighted by molar-refractivity contribution is -0.137. The number of carboxylic acid groups (broad SMARTS) is 1. The van der Waals surface area contributed by atoms with E-state index in [1.54, 1.807) is 0 Å². The molecule has 36 heavy (non-hydrogen) atoms. The molecule has 0 aliphatic carbocycles. The van der Waals surface area contributed by atoms with Crippen molar-refractivity contribution in [2.45, 2.75) is 18.9 Å². The molecule has 0 aliphatic rings. The first-order chi connectivity index (χ1) is 17.7. The van der Waals surface area contributed by atoms with Gasteiger partial charge in [-0.2, -0.15) is 0 Å². The van der Waals surface area contributed by atoms with E-state index in [9.17, 15) is 4.79 Å². The van der Waals surface area contributed by atoms with Crippen LogP contribution in [-0.4, -0.2) is 17.7 Å². The molecule has 180 valence electrons. The third-order valence-corrected chi connectivity index (χ3v) is 5.89. The lowest BCUT2D eigenvalue weighted by atomic mass is 10.0. The fraction of sp³-hybridized carbons (Fsp3) is 0.129. The highest BCUT2D eigenvalue weighted by Gasteiger charge is 2.17. The second-order valence-electron chi connectivity index (χ2n) is 8.47. The van der Waals surface area contributed by atoms with Crippen LogP contribution in [0.15, 0.2) is 114 Å². The number of furan rings is 1. The normalized spacial score (nSPS) is 11.0. The van der Waals surface area contributed by atoms with Gasteiger partial charge in [-0.25, -0.2) is 0 Å². The predicted molar refractivity (Wildman–Crippen MR) is 139 cm³/mol. The van der Waals surface area contributed by atoms with Crippen LogP contribution in [0.25, 0.3) is 22.3 Å². The van der Waals surface area contributed by atoms with Gasteiger partial charge >= 0.3 is 5.97 Å². The van der Waals surface area contributed by atoms with Crippen molar-refractivity contribution >= 4 is 16.9 Å². The predicted octanol–water partition coefficient (Wildman–Crippen LogP) is 7.51. The molecule has 0 saturated carbocycles. The van der Waals surface area contributed by atoms with Crippen molar-refractivity contribution < 1.29 is 23.8 Å². The Morgan fingerprint density at radius 1 is 0.806 bits per heavy atom. The topological polar surface area (TPSA) is 68.9 Å². The first-order valence-corrected chi connectivity index (χ1v) is 11.9. The van der Waals surface area contributed by atoms with Gasteiger partial charge in [0.15, 0.2) is 0 Å². The summed E-state index contributed by atoms with van der Waals surface area (Å²) in [6, 6.07) is 35.7. The number of carboxylic acids is 1. The summed E-state index contributed by atoms with van der Waals surface area (Å²) in [6.07, 6.45) is 0.271. The van der Waals surface area contributed by atoms with Crippen LogP contribution in [0.5, 0.6) is 11.5 Å². The molecule has 1 N–H and O–H groups in total.